The molecule has 0 bridgehead atoms. The minimum Gasteiger partial charge on any atom is -0.497 e. The van der Waals surface area contributed by atoms with Crippen molar-refractivity contribution in [1.29, 1.82) is 0 Å². The van der Waals surface area contributed by atoms with Gasteiger partial charge in [0.25, 0.3) is 15.9 Å². The van der Waals surface area contributed by atoms with Crippen LogP contribution in [0.3, 0.4) is 0 Å². The van der Waals surface area contributed by atoms with Crippen molar-refractivity contribution in [1.82, 2.24) is 5.43 Å². The molecule has 2 aromatic carbocycles. The third kappa shape index (κ3) is 5.27. The summed E-state index contributed by atoms with van der Waals surface area (Å²) in [5, 5.41) is 6.00. The van der Waals surface area contributed by atoms with E-state index < -0.39 is 22.5 Å². The summed E-state index contributed by atoms with van der Waals surface area (Å²) in [4.78, 5) is 13.7. The van der Waals surface area contributed by atoms with Gasteiger partial charge in [0.2, 0.25) is 0 Å². The fraction of sp³-hybridized carbons (Fsp3) is 0.182. The number of hydrazone groups is 1. The first-order valence-electron chi connectivity index (χ1n) is 9.53. The van der Waals surface area contributed by atoms with E-state index in [4.69, 9.17) is 9.47 Å². The fourth-order valence-electron chi connectivity index (χ4n) is 2.86. The summed E-state index contributed by atoms with van der Waals surface area (Å²) in [6.45, 7) is 1.26. The molecule has 1 amide bonds. The molecule has 10 heteroatoms. The Kier molecular flexibility index (Phi) is 7.49. The number of carbonyl (C=O) groups is 1. The van der Waals surface area contributed by atoms with Crippen LogP contribution in [0.5, 0.6) is 11.5 Å². The van der Waals surface area contributed by atoms with E-state index in [2.05, 4.69) is 10.5 Å². The molecule has 168 valence electrons. The van der Waals surface area contributed by atoms with Crippen molar-refractivity contribution in [2.75, 3.05) is 25.1 Å². The highest BCUT2D eigenvalue weighted by molar-refractivity contribution is 7.92. The number of benzene rings is 2. The lowest BCUT2D eigenvalue weighted by Gasteiger charge is -2.25. The zero-order valence-electron chi connectivity index (χ0n) is 17.8. The normalized spacial score (nSPS) is 11.7. The SMILES string of the molecule is COc1ccc(N(CC(=O)N/N=C(/C)c2cccs2)S(=O)(=O)c2ccccc2)c(OC)c1. The summed E-state index contributed by atoms with van der Waals surface area (Å²) in [6.07, 6.45) is 0. The largest absolute Gasteiger partial charge is 0.497 e. The van der Waals surface area contributed by atoms with Crippen molar-refractivity contribution in [3.8, 4) is 11.5 Å². The summed E-state index contributed by atoms with van der Waals surface area (Å²) in [7, 11) is -1.17. The molecule has 0 fully saturated rings. The van der Waals surface area contributed by atoms with Gasteiger partial charge in [-0.3, -0.25) is 9.10 Å². The Labute approximate surface area is 191 Å². The van der Waals surface area contributed by atoms with E-state index in [9.17, 15) is 13.2 Å². The number of thiophene rings is 1. The summed E-state index contributed by atoms with van der Waals surface area (Å²) in [5.41, 5.74) is 3.26. The van der Waals surface area contributed by atoms with Crippen molar-refractivity contribution in [2.24, 2.45) is 5.10 Å². The highest BCUT2D eigenvalue weighted by atomic mass is 32.2. The molecule has 0 spiro atoms. The maximum absolute atomic E-state index is 13.4. The van der Waals surface area contributed by atoms with Crippen LogP contribution in [0, 0.1) is 0 Å². The number of rotatable bonds is 9. The lowest BCUT2D eigenvalue weighted by molar-refractivity contribution is -0.119. The molecule has 0 aliphatic rings. The molecule has 1 aromatic heterocycles. The molecule has 0 aliphatic heterocycles. The first kappa shape index (κ1) is 23.3. The van der Waals surface area contributed by atoms with Crippen LogP contribution in [0.15, 0.2) is 76.0 Å². The number of hydrogen-bond acceptors (Lipinski definition) is 7. The van der Waals surface area contributed by atoms with Crippen molar-refractivity contribution < 1.29 is 22.7 Å². The first-order valence-corrected chi connectivity index (χ1v) is 11.9. The monoisotopic (exact) mass is 473 g/mol. The van der Waals surface area contributed by atoms with Gasteiger partial charge in [-0.15, -0.1) is 11.3 Å². The Balaban J connectivity index is 1.96. The number of nitrogens with one attached hydrogen (secondary N) is 1. The lowest BCUT2D eigenvalue weighted by atomic mass is 10.2. The average molecular weight is 474 g/mol. The van der Waals surface area contributed by atoms with E-state index in [1.165, 1.54) is 43.8 Å². The fourth-order valence-corrected chi connectivity index (χ4v) is 4.99. The second-order valence-corrected chi connectivity index (χ2v) is 9.38. The van der Waals surface area contributed by atoms with Gasteiger partial charge < -0.3 is 9.47 Å². The third-order valence-electron chi connectivity index (χ3n) is 4.50. The molecule has 0 saturated carbocycles. The highest BCUT2D eigenvalue weighted by Gasteiger charge is 2.29. The molecule has 3 rings (SSSR count). The van der Waals surface area contributed by atoms with Crippen molar-refractivity contribution in [3.63, 3.8) is 0 Å². The van der Waals surface area contributed by atoms with Crippen molar-refractivity contribution >= 4 is 38.7 Å². The van der Waals surface area contributed by atoms with Gasteiger partial charge in [0.05, 0.1) is 30.5 Å². The van der Waals surface area contributed by atoms with Crippen LogP contribution in [0.1, 0.15) is 11.8 Å². The molecule has 8 nitrogen and oxygen atoms in total. The van der Waals surface area contributed by atoms with Crippen LogP contribution in [0.2, 0.25) is 0 Å². The summed E-state index contributed by atoms with van der Waals surface area (Å²) in [5.74, 6) is 0.136. The van der Waals surface area contributed by atoms with Gasteiger partial charge in [-0.05, 0) is 42.6 Å². The molecule has 0 saturated heterocycles. The Bertz CT molecular complexity index is 1190. The van der Waals surface area contributed by atoms with E-state index >= 15 is 0 Å². The van der Waals surface area contributed by atoms with Gasteiger partial charge in [-0.25, -0.2) is 13.8 Å². The maximum atomic E-state index is 13.4. The van der Waals surface area contributed by atoms with Crippen LogP contribution in [-0.4, -0.2) is 40.8 Å². The van der Waals surface area contributed by atoms with E-state index in [-0.39, 0.29) is 16.3 Å². The van der Waals surface area contributed by atoms with Gasteiger partial charge in [0.1, 0.15) is 18.0 Å². The summed E-state index contributed by atoms with van der Waals surface area (Å²) >= 11 is 1.49. The van der Waals surface area contributed by atoms with E-state index in [1.807, 2.05) is 17.5 Å². The Morgan fingerprint density at radius 3 is 2.44 bits per heavy atom. The van der Waals surface area contributed by atoms with Gasteiger partial charge in [-0.2, -0.15) is 5.10 Å². The number of ether oxygens (including phenoxy) is 2. The minimum absolute atomic E-state index is 0.0453. The molecule has 0 atom stereocenters. The number of nitrogens with zero attached hydrogens (tertiary/aromatic N) is 2. The highest BCUT2D eigenvalue weighted by Crippen LogP contribution is 2.35. The van der Waals surface area contributed by atoms with Gasteiger partial charge in [-0.1, -0.05) is 24.3 Å². The lowest BCUT2D eigenvalue weighted by Crippen LogP contribution is -2.40. The first-order chi connectivity index (χ1) is 15.4. The van der Waals surface area contributed by atoms with E-state index in [0.29, 0.717) is 11.5 Å². The van der Waals surface area contributed by atoms with Crippen LogP contribution in [-0.2, 0) is 14.8 Å². The topological polar surface area (TPSA) is 97.3 Å². The number of carbonyl (C=O) groups excluding carboxylic acids is 1. The molecule has 1 heterocycles. The molecular formula is C22H23N3O5S2. The smallest absolute Gasteiger partial charge is 0.264 e. The molecule has 1 N–H and O–H groups in total. The van der Waals surface area contributed by atoms with Crippen molar-refractivity contribution in [2.45, 2.75) is 11.8 Å². The Morgan fingerprint density at radius 2 is 1.81 bits per heavy atom. The molecule has 32 heavy (non-hydrogen) atoms. The summed E-state index contributed by atoms with van der Waals surface area (Å²) < 4.78 is 38.5. The minimum atomic E-state index is -4.08. The number of sulfonamides is 1. The van der Waals surface area contributed by atoms with Crippen molar-refractivity contribution in [3.05, 3.63) is 70.9 Å². The maximum Gasteiger partial charge on any atom is 0.264 e. The quantitative estimate of drug-likeness (QED) is 0.379. The van der Waals surface area contributed by atoms with Crippen LogP contribution in [0.4, 0.5) is 5.69 Å². The number of hydrogen-bond donors (Lipinski definition) is 1. The van der Waals surface area contributed by atoms with E-state index in [0.717, 1.165) is 9.18 Å². The third-order valence-corrected chi connectivity index (χ3v) is 7.25. The Hall–Kier alpha value is -3.37. The average Bonchev–Trinajstić information content (AvgIpc) is 3.36. The zero-order chi connectivity index (χ0) is 23.1. The predicted octanol–water partition coefficient (Wildman–Crippen LogP) is 3.50. The van der Waals surface area contributed by atoms with Gasteiger partial charge in [0.15, 0.2) is 0 Å². The van der Waals surface area contributed by atoms with Crippen LogP contribution in [0.25, 0.3) is 0 Å². The van der Waals surface area contributed by atoms with Crippen LogP contribution >= 0.6 is 11.3 Å². The predicted molar refractivity (Wildman–Crippen MR) is 125 cm³/mol. The second kappa shape index (κ2) is 10.3. The Morgan fingerprint density at radius 1 is 1.06 bits per heavy atom. The number of amides is 1. The standard InChI is InChI=1S/C22H23N3O5S2/c1-16(21-10-7-13-31-21)23-24-22(26)15-25(32(27,28)18-8-5-4-6-9-18)19-12-11-17(29-2)14-20(19)30-3/h4-14H,15H2,1-3H3,(H,24,26)/b23-16-. The van der Waals surface area contributed by atoms with Crippen LogP contribution < -0.4 is 19.2 Å². The molecule has 3 aromatic rings. The number of methoxy groups -OCH3 is 2. The van der Waals surface area contributed by atoms with E-state index in [1.54, 1.807) is 37.3 Å². The number of anilines is 1. The van der Waals surface area contributed by atoms with Gasteiger partial charge in [0, 0.05) is 10.9 Å². The summed E-state index contributed by atoms with van der Waals surface area (Å²) in [6, 6.07) is 16.3. The second-order valence-electron chi connectivity index (χ2n) is 6.57. The zero-order valence-corrected chi connectivity index (χ0v) is 19.4. The molecule has 0 unspecified atom stereocenters. The van der Waals surface area contributed by atoms with Gasteiger partial charge >= 0.3 is 0 Å². The molecular weight excluding hydrogens is 450 g/mol. The molecule has 0 radical (unpaired) electrons. The molecule has 0 aliphatic carbocycles.